The third-order valence-corrected chi connectivity index (χ3v) is 1.45. The van der Waals surface area contributed by atoms with Gasteiger partial charge in [0, 0.05) is 0 Å². The lowest BCUT2D eigenvalue weighted by Gasteiger charge is -1.94. The highest BCUT2D eigenvalue weighted by molar-refractivity contribution is 7.17. The molecule has 0 unspecified atom stereocenters. The summed E-state index contributed by atoms with van der Waals surface area (Å²) in [7, 11) is -0.304. The minimum atomic E-state index is -0.304. The molecule has 11 heavy (non-hydrogen) atoms. The molecule has 0 heterocycles. The largest absolute Gasteiger partial charge is 0.408 e. The molecule has 0 aromatic heterocycles. The lowest BCUT2D eigenvalue weighted by atomic mass is 10.2. The molecule has 0 amide bonds. The molecule has 0 atom stereocenters. The topological polar surface area (TPSA) is 26.3 Å². The van der Waals surface area contributed by atoms with Crippen LogP contribution in [0.2, 0.25) is 0 Å². The lowest BCUT2D eigenvalue weighted by Crippen LogP contribution is -1.74. The average molecular weight is 184 g/mol. The van der Waals surface area contributed by atoms with E-state index in [9.17, 15) is 4.57 Å². The first-order valence-corrected chi connectivity index (χ1v) is 3.62. The summed E-state index contributed by atoms with van der Waals surface area (Å²) in [4.78, 5) is 0. The van der Waals surface area contributed by atoms with Crippen molar-refractivity contribution in [2.24, 2.45) is 0 Å². The Labute approximate surface area is 78.0 Å². The van der Waals surface area contributed by atoms with Crippen molar-refractivity contribution in [1.29, 1.82) is 0 Å². The van der Waals surface area contributed by atoms with E-state index in [0.717, 1.165) is 5.56 Å². The Balaban J connectivity index is 0.000001000. The molecule has 0 aliphatic rings. The normalized spacial score (nSPS) is 8.82. The van der Waals surface area contributed by atoms with E-state index in [-0.39, 0.29) is 26.0 Å². The fourth-order valence-corrected chi connectivity index (χ4v) is 0.850. The fraction of sp³-hybridized carbons (Fsp3) is 0.143. The van der Waals surface area contributed by atoms with Crippen LogP contribution in [0.15, 0.2) is 24.3 Å². The fourth-order valence-electron chi connectivity index (χ4n) is 0.642. The zero-order chi connectivity index (χ0) is 7.40. The number of hydrogen-bond donors (Lipinski definition) is 0. The predicted molar refractivity (Wildman–Crippen MR) is 49.4 cm³/mol. The van der Waals surface area contributed by atoms with Crippen LogP contribution in [0.4, 0.5) is 0 Å². The van der Waals surface area contributed by atoms with E-state index < -0.39 is 0 Å². The Bertz CT molecular complexity index is 222. The molecule has 58 valence electrons. The summed E-state index contributed by atoms with van der Waals surface area (Å²) in [5, 5.41) is 0. The molecular formula is C7H10AlO2P. The molecule has 0 fully saturated rings. The van der Waals surface area contributed by atoms with Crippen molar-refractivity contribution in [1.82, 2.24) is 0 Å². The maximum absolute atomic E-state index is 9.93. The molecule has 4 heteroatoms. The van der Waals surface area contributed by atoms with Gasteiger partial charge in [0.25, 0.3) is 0 Å². The summed E-state index contributed by atoms with van der Waals surface area (Å²) >= 11 is 0. The van der Waals surface area contributed by atoms with Crippen LogP contribution in [-0.4, -0.2) is 17.4 Å². The molecular weight excluding hydrogens is 174 g/mol. The molecule has 0 saturated heterocycles. The third-order valence-electron chi connectivity index (χ3n) is 1.16. The van der Waals surface area contributed by atoms with Crippen LogP contribution >= 0.6 is 8.69 Å². The van der Waals surface area contributed by atoms with E-state index in [2.05, 4.69) is 4.52 Å². The van der Waals surface area contributed by atoms with Gasteiger partial charge in [0.05, 0.1) is 0 Å². The quantitative estimate of drug-likeness (QED) is 0.513. The van der Waals surface area contributed by atoms with Crippen molar-refractivity contribution in [3.8, 4) is 5.75 Å². The SMILES string of the molecule is Cc1ccc(OP=O)cc1.[AlH3]. The van der Waals surface area contributed by atoms with Gasteiger partial charge >= 0.3 is 8.69 Å². The second-order valence-corrected chi connectivity index (χ2v) is 2.31. The second kappa shape index (κ2) is 5.32. The van der Waals surface area contributed by atoms with Gasteiger partial charge in [-0.3, -0.25) is 0 Å². The molecule has 2 nitrogen and oxygen atoms in total. The Morgan fingerprint density at radius 2 is 1.82 bits per heavy atom. The van der Waals surface area contributed by atoms with Crippen molar-refractivity contribution in [3.05, 3.63) is 29.8 Å². The number of rotatable bonds is 2. The minimum Gasteiger partial charge on any atom is -0.408 e. The van der Waals surface area contributed by atoms with Crippen LogP contribution in [0.1, 0.15) is 5.56 Å². The Morgan fingerprint density at radius 3 is 2.27 bits per heavy atom. The summed E-state index contributed by atoms with van der Waals surface area (Å²) in [5.74, 6) is 0.627. The monoisotopic (exact) mass is 184 g/mol. The van der Waals surface area contributed by atoms with Gasteiger partial charge in [-0.25, -0.2) is 4.57 Å². The molecule has 1 rings (SSSR count). The number of hydrogen-bond acceptors (Lipinski definition) is 2. The molecule has 1 aromatic rings. The first-order valence-electron chi connectivity index (χ1n) is 2.89. The smallest absolute Gasteiger partial charge is 0.395 e. The number of aryl methyl sites for hydroxylation is 1. The molecule has 0 spiro atoms. The highest BCUT2D eigenvalue weighted by Gasteiger charge is 1.89. The maximum atomic E-state index is 9.93. The van der Waals surface area contributed by atoms with Crippen molar-refractivity contribution < 1.29 is 9.09 Å². The summed E-state index contributed by atoms with van der Waals surface area (Å²) in [6, 6.07) is 7.36. The molecule has 1 aromatic carbocycles. The maximum Gasteiger partial charge on any atom is 0.395 e. The van der Waals surface area contributed by atoms with Crippen molar-refractivity contribution >= 4 is 26.0 Å². The van der Waals surface area contributed by atoms with Crippen LogP contribution in [0.25, 0.3) is 0 Å². The van der Waals surface area contributed by atoms with Crippen LogP contribution in [-0.2, 0) is 4.57 Å². The minimum absolute atomic E-state index is 0. The Kier molecular flexibility index (Phi) is 5.15. The van der Waals surface area contributed by atoms with Gasteiger partial charge in [-0.2, -0.15) is 0 Å². The van der Waals surface area contributed by atoms with Crippen molar-refractivity contribution in [2.45, 2.75) is 6.92 Å². The van der Waals surface area contributed by atoms with Gasteiger partial charge in [-0.1, -0.05) is 17.7 Å². The van der Waals surface area contributed by atoms with E-state index >= 15 is 0 Å². The molecule has 0 saturated carbocycles. The summed E-state index contributed by atoms with van der Waals surface area (Å²) in [6.45, 7) is 1.98. The molecule has 0 aliphatic heterocycles. The second-order valence-electron chi connectivity index (χ2n) is 1.98. The zero-order valence-electron chi connectivity index (χ0n) is 5.57. The first-order chi connectivity index (χ1) is 4.83. The van der Waals surface area contributed by atoms with Crippen LogP contribution in [0, 0.1) is 6.92 Å². The zero-order valence-corrected chi connectivity index (χ0v) is 6.47. The average Bonchev–Trinajstić information content (AvgIpc) is 1.95. The van der Waals surface area contributed by atoms with Crippen LogP contribution < -0.4 is 4.52 Å². The molecule has 0 radical (unpaired) electrons. The van der Waals surface area contributed by atoms with Crippen molar-refractivity contribution in [3.63, 3.8) is 0 Å². The van der Waals surface area contributed by atoms with Gasteiger partial charge in [0.2, 0.25) is 0 Å². The highest BCUT2D eigenvalue weighted by atomic mass is 31.1. The van der Waals surface area contributed by atoms with Gasteiger partial charge in [0.1, 0.15) is 5.75 Å². The standard InChI is InChI=1S/C7H7O2P.Al.3H/c1-6-2-4-7(5-3-6)9-10-8;;;;/h2-5H,1H3;;;;. The lowest BCUT2D eigenvalue weighted by molar-refractivity contribution is 0.525. The van der Waals surface area contributed by atoms with E-state index in [1.54, 1.807) is 12.1 Å². The third kappa shape index (κ3) is 3.53. The molecule has 0 aliphatic carbocycles. The van der Waals surface area contributed by atoms with Gasteiger partial charge in [-0.15, -0.1) is 0 Å². The molecule has 0 bridgehead atoms. The van der Waals surface area contributed by atoms with Gasteiger partial charge in [0.15, 0.2) is 17.4 Å². The number of benzene rings is 1. The summed E-state index contributed by atoms with van der Waals surface area (Å²) in [6.07, 6.45) is 0. The molecule has 0 N–H and O–H groups in total. The van der Waals surface area contributed by atoms with E-state index in [4.69, 9.17) is 0 Å². The Hall–Kier alpha value is -0.348. The Morgan fingerprint density at radius 1 is 1.27 bits per heavy atom. The van der Waals surface area contributed by atoms with Crippen LogP contribution in [0.5, 0.6) is 5.75 Å². The van der Waals surface area contributed by atoms with Crippen LogP contribution in [0.3, 0.4) is 0 Å². The first kappa shape index (κ1) is 10.7. The highest BCUT2D eigenvalue weighted by Crippen LogP contribution is 2.14. The van der Waals surface area contributed by atoms with E-state index in [0.29, 0.717) is 5.75 Å². The van der Waals surface area contributed by atoms with Gasteiger partial charge in [-0.05, 0) is 19.1 Å². The van der Waals surface area contributed by atoms with E-state index in [1.165, 1.54) is 0 Å². The van der Waals surface area contributed by atoms with Crippen molar-refractivity contribution in [2.75, 3.05) is 0 Å². The summed E-state index contributed by atoms with van der Waals surface area (Å²) in [5.41, 5.74) is 1.16. The van der Waals surface area contributed by atoms with E-state index in [1.807, 2.05) is 19.1 Å². The van der Waals surface area contributed by atoms with Gasteiger partial charge < -0.3 is 4.52 Å². The predicted octanol–water partition coefficient (Wildman–Crippen LogP) is 1.40. The summed E-state index contributed by atoms with van der Waals surface area (Å²) < 4.78 is 14.6.